The third-order valence-electron chi connectivity index (χ3n) is 4.05. The lowest BCUT2D eigenvalue weighted by atomic mass is 10.0. The molecule has 140 valence electrons. The molecular weight excluding hydrogens is 377 g/mol. The van der Waals surface area contributed by atoms with Crippen LogP contribution in [0.3, 0.4) is 0 Å². The molecule has 0 radical (unpaired) electrons. The Balaban J connectivity index is 1.77. The number of carbonyl (C=O) groups is 3. The summed E-state index contributed by atoms with van der Waals surface area (Å²) < 4.78 is 38.9. The van der Waals surface area contributed by atoms with Crippen molar-refractivity contribution in [2.24, 2.45) is 7.05 Å². The topological polar surface area (TPSA) is 105 Å². The largest absolute Gasteiger partial charge is 0.477 e. The summed E-state index contributed by atoms with van der Waals surface area (Å²) >= 11 is 1.27. The van der Waals surface area contributed by atoms with Gasteiger partial charge in [-0.15, -0.1) is 11.8 Å². The average Bonchev–Trinajstić information content (AvgIpc) is 2.94. The molecular formula is C14H13F3N4O4S. The van der Waals surface area contributed by atoms with Gasteiger partial charge in [-0.2, -0.15) is 18.3 Å². The van der Waals surface area contributed by atoms with Crippen molar-refractivity contribution in [1.29, 1.82) is 0 Å². The van der Waals surface area contributed by atoms with Crippen molar-refractivity contribution < 1.29 is 32.7 Å². The van der Waals surface area contributed by atoms with E-state index in [4.69, 9.17) is 0 Å². The van der Waals surface area contributed by atoms with E-state index in [1.807, 2.05) is 0 Å². The fraction of sp³-hybridized carbons (Fsp3) is 0.429. The number of β-lactam (4-membered cyclic amide) rings is 1. The molecule has 0 saturated carbocycles. The van der Waals surface area contributed by atoms with Gasteiger partial charge < -0.3 is 10.4 Å². The summed E-state index contributed by atoms with van der Waals surface area (Å²) in [4.78, 5) is 36.8. The number of amides is 2. The van der Waals surface area contributed by atoms with Gasteiger partial charge in [0.05, 0.1) is 0 Å². The fourth-order valence-corrected chi connectivity index (χ4v) is 4.13. The first-order valence-corrected chi connectivity index (χ1v) is 8.37. The maximum absolute atomic E-state index is 12.8. The second-order valence-corrected chi connectivity index (χ2v) is 6.94. The molecule has 1 aromatic heterocycles. The first kappa shape index (κ1) is 18.3. The van der Waals surface area contributed by atoms with E-state index >= 15 is 0 Å². The van der Waals surface area contributed by atoms with Crippen molar-refractivity contribution in [2.45, 2.75) is 24.5 Å². The number of hydrogen-bond acceptors (Lipinski definition) is 5. The van der Waals surface area contributed by atoms with Crippen LogP contribution in [0.5, 0.6) is 0 Å². The van der Waals surface area contributed by atoms with Crippen LogP contribution in [0.25, 0.3) is 0 Å². The lowest BCUT2D eigenvalue weighted by Gasteiger charge is -2.49. The maximum atomic E-state index is 12.8. The molecule has 2 aliphatic heterocycles. The molecule has 0 bridgehead atoms. The number of rotatable bonds is 3. The zero-order chi connectivity index (χ0) is 19.4. The van der Waals surface area contributed by atoms with Crippen molar-refractivity contribution in [3.8, 4) is 0 Å². The number of halogens is 3. The summed E-state index contributed by atoms with van der Waals surface area (Å²) in [6.45, 7) is 1.60. The van der Waals surface area contributed by atoms with E-state index < -0.39 is 46.8 Å². The molecule has 8 nitrogen and oxygen atoms in total. The number of alkyl halides is 3. The van der Waals surface area contributed by atoms with Gasteiger partial charge in [-0.05, 0) is 12.5 Å². The van der Waals surface area contributed by atoms with Crippen LogP contribution in [0.2, 0.25) is 0 Å². The molecule has 0 spiro atoms. The Morgan fingerprint density at radius 1 is 1.42 bits per heavy atom. The van der Waals surface area contributed by atoms with Gasteiger partial charge in [0.25, 0.3) is 11.8 Å². The van der Waals surface area contributed by atoms with E-state index in [1.165, 1.54) is 11.8 Å². The van der Waals surface area contributed by atoms with Gasteiger partial charge in [-0.1, -0.05) is 0 Å². The van der Waals surface area contributed by atoms with Crippen LogP contribution in [-0.4, -0.2) is 54.7 Å². The number of nitrogens with zero attached hydrogens (tertiary/aromatic N) is 3. The molecule has 1 aromatic rings. The predicted octanol–water partition coefficient (Wildman–Crippen LogP) is 0.811. The third kappa shape index (κ3) is 2.83. The van der Waals surface area contributed by atoms with Crippen LogP contribution < -0.4 is 5.32 Å². The Bertz CT molecular complexity index is 848. The quantitative estimate of drug-likeness (QED) is 0.741. The van der Waals surface area contributed by atoms with E-state index in [9.17, 15) is 32.7 Å². The third-order valence-corrected chi connectivity index (χ3v) is 5.48. The van der Waals surface area contributed by atoms with E-state index in [0.29, 0.717) is 22.1 Å². The van der Waals surface area contributed by atoms with Gasteiger partial charge in [0.15, 0.2) is 5.69 Å². The lowest BCUT2D eigenvalue weighted by Crippen LogP contribution is -2.70. The molecule has 12 heteroatoms. The summed E-state index contributed by atoms with van der Waals surface area (Å²) in [5, 5.41) is 14.5. The number of hydrogen-bond donors (Lipinski definition) is 2. The Labute approximate surface area is 149 Å². The lowest BCUT2D eigenvalue weighted by molar-refractivity contribution is -0.148. The molecule has 1 fully saturated rings. The van der Waals surface area contributed by atoms with E-state index in [2.05, 4.69) is 10.4 Å². The minimum absolute atomic E-state index is 0.124. The molecule has 0 aliphatic carbocycles. The average molecular weight is 390 g/mol. The van der Waals surface area contributed by atoms with Gasteiger partial charge >= 0.3 is 12.1 Å². The van der Waals surface area contributed by atoms with Gasteiger partial charge in [0.1, 0.15) is 22.8 Å². The molecule has 0 aromatic carbocycles. The first-order valence-electron chi connectivity index (χ1n) is 7.32. The highest BCUT2D eigenvalue weighted by Gasteiger charge is 2.54. The van der Waals surface area contributed by atoms with Crippen LogP contribution in [0.15, 0.2) is 17.3 Å². The van der Waals surface area contributed by atoms with Crippen molar-refractivity contribution in [1.82, 2.24) is 20.0 Å². The first-order chi connectivity index (χ1) is 12.0. The minimum Gasteiger partial charge on any atom is -0.477 e. The standard InChI is InChI=1S/C14H13F3N4O4S/c1-5-4-26-12-8(11(23)21(12)9(5)13(24)25)18-10(22)6-3-7(14(15,16)17)20(2)19-6/h3,8,12H,4H2,1-2H3,(H,18,22)(H,24,25)/t8-,12-/m0/s1. The zero-order valence-electron chi connectivity index (χ0n) is 13.5. The number of carbonyl (C=O) groups excluding carboxylic acids is 2. The second kappa shape index (κ2) is 6.04. The van der Waals surface area contributed by atoms with Crippen molar-refractivity contribution >= 4 is 29.5 Å². The molecule has 26 heavy (non-hydrogen) atoms. The SMILES string of the molecule is CC1=C(C(=O)O)N2C(=O)[C@H](NC(=O)c3cc(C(F)(F)F)n(C)n3)[C@@H]2SC1. The number of thioether (sulfide) groups is 1. The van der Waals surface area contributed by atoms with E-state index in [1.54, 1.807) is 6.92 Å². The molecule has 2 atom stereocenters. The van der Waals surface area contributed by atoms with Crippen LogP contribution >= 0.6 is 11.8 Å². The second-order valence-electron chi connectivity index (χ2n) is 5.83. The van der Waals surface area contributed by atoms with Gasteiger partial charge in [-0.3, -0.25) is 19.2 Å². The Morgan fingerprint density at radius 2 is 2.08 bits per heavy atom. The predicted molar refractivity (Wildman–Crippen MR) is 82.9 cm³/mol. The number of carboxylic acids is 1. The van der Waals surface area contributed by atoms with Crippen LogP contribution in [0.4, 0.5) is 13.2 Å². The highest BCUT2D eigenvalue weighted by molar-refractivity contribution is 8.00. The van der Waals surface area contributed by atoms with Crippen molar-refractivity contribution in [3.05, 3.63) is 28.7 Å². The molecule has 0 unspecified atom stereocenters. The molecule has 1 saturated heterocycles. The van der Waals surface area contributed by atoms with Crippen LogP contribution in [-0.2, 0) is 22.8 Å². The summed E-state index contributed by atoms with van der Waals surface area (Å²) in [6, 6.07) is -0.428. The highest BCUT2D eigenvalue weighted by atomic mass is 32.2. The normalized spacial score (nSPS) is 22.8. The van der Waals surface area contributed by atoms with E-state index in [0.717, 1.165) is 11.9 Å². The van der Waals surface area contributed by atoms with Crippen LogP contribution in [0, 0.1) is 0 Å². The van der Waals surface area contributed by atoms with Crippen molar-refractivity contribution in [2.75, 3.05) is 5.75 Å². The molecule has 2 N–H and O–H groups in total. The number of aryl methyl sites for hydroxylation is 1. The summed E-state index contributed by atoms with van der Waals surface area (Å²) in [7, 11) is 1.06. The maximum Gasteiger partial charge on any atom is 0.433 e. The zero-order valence-corrected chi connectivity index (χ0v) is 14.3. The summed E-state index contributed by atoms with van der Waals surface area (Å²) in [6.07, 6.45) is -4.67. The molecule has 2 amide bonds. The van der Waals surface area contributed by atoms with Gasteiger partial charge in [0.2, 0.25) is 0 Å². The highest BCUT2D eigenvalue weighted by Crippen LogP contribution is 2.40. The van der Waals surface area contributed by atoms with Crippen LogP contribution in [0.1, 0.15) is 23.1 Å². The van der Waals surface area contributed by atoms with Crippen molar-refractivity contribution in [3.63, 3.8) is 0 Å². The molecule has 2 aliphatic rings. The summed E-state index contributed by atoms with van der Waals surface area (Å²) in [5.74, 6) is -2.44. The number of aliphatic carboxylic acids is 1. The van der Waals surface area contributed by atoms with Gasteiger partial charge in [-0.25, -0.2) is 4.79 Å². The van der Waals surface area contributed by atoms with Gasteiger partial charge in [0, 0.05) is 18.9 Å². The van der Waals surface area contributed by atoms with E-state index in [-0.39, 0.29) is 5.70 Å². The minimum atomic E-state index is -4.67. The monoisotopic (exact) mass is 390 g/mol. The Hall–Kier alpha value is -2.50. The smallest absolute Gasteiger partial charge is 0.433 e. The number of fused-ring (bicyclic) bond motifs is 1. The number of nitrogens with one attached hydrogen (secondary N) is 1. The number of aromatic nitrogens is 2. The Kier molecular flexibility index (Phi) is 4.25. The number of carboxylic acid groups (broad SMARTS) is 1. The molecule has 3 heterocycles. The Morgan fingerprint density at radius 3 is 2.62 bits per heavy atom. The summed E-state index contributed by atoms with van der Waals surface area (Å²) in [5.41, 5.74) is -1.17. The fourth-order valence-electron chi connectivity index (χ4n) is 2.83. The molecule has 3 rings (SSSR count).